The number of carbonyl (C=O) groups is 2. The molecule has 0 radical (unpaired) electrons. The summed E-state index contributed by atoms with van der Waals surface area (Å²) >= 11 is 5.91. The molecule has 4 nitrogen and oxygen atoms in total. The van der Waals surface area contributed by atoms with E-state index in [0.29, 0.717) is 12.1 Å². The van der Waals surface area contributed by atoms with Gasteiger partial charge in [-0.3, -0.25) is 9.59 Å². The van der Waals surface area contributed by atoms with Crippen LogP contribution < -0.4 is 5.32 Å². The van der Waals surface area contributed by atoms with E-state index in [1.54, 1.807) is 38.4 Å². The van der Waals surface area contributed by atoms with Gasteiger partial charge in [-0.1, -0.05) is 23.7 Å². The fraction of sp³-hybridized carbons (Fsp3) is 0.176. The van der Waals surface area contributed by atoms with Gasteiger partial charge < -0.3 is 10.2 Å². The summed E-state index contributed by atoms with van der Waals surface area (Å²) in [5.74, 6) is -0.955. The lowest BCUT2D eigenvalue weighted by Crippen LogP contribution is -2.26. The summed E-state index contributed by atoms with van der Waals surface area (Å²) in [6.07, 6.45) is 0. The van der Waals surface area contributed by atoms with Crippen LogP contribution in [0.3, 0.4) is 0 Å². The maximum Gasteiger partial charge on any atom is 0.255 e. The number of halogens is 2. The van der Waals surface area contributed by atoms with Crippen molar-refractivity contribution in [1.29, 1.82) is 0 Å². The first-order valence-electron chi connectivity index (χ1n) is 6.94. The van der Waals surface area contributed by atoms with Crippen molar-refractivity contribution in [2.24, 2.45) is 0 Å². The third-order valence-electron chi connectivity index (χ3n) is 3.37. The molecular weight excluding hydrogens is 319 g/mol. The molecule has 0 unspecified atom stereocenters. The number of hydrogen-bond donors (Lipinski definition) is 1. The van der Waals surface area contributed by atoms with Crippen LogP contribution in [0.25, 0.3) is 0 Å². The van der Waals surface area contributed by atoms with Gasteiger partial charge >= 0.3 is 0 Å². The zero-order valence-corrected chi connectivity index (χ0v) is 13.5. The van der Waals surface area contributed by atoms with Gasteiger partial charge in [-0.2, -0.15) is 0 Å². The molecule has 6 heteroatoms. The van der Waals surface area contributed by atoms with Crippen LogP contribution >= 0.6 is 11.6 Å². The number of benzene rings is 2. The van der Waals surface area contributed by atoms with Gasteiger partial charge in [0, 0.05) is 26.2 Å². The first-order chi connectivity index (χ1) is 10.9. The van der Waals surface area contributed by atoms with E-state index in [1.807, 2.05) is 0 Å². The van der Waals surface area contributed by atoms with Crippen molar-refractivity contribution in [1.82, 2.24) is 10.2 Å². The summed E-state index contributed by atoms with van der Waals surface area (Å²) in [6, 6.07) is 10.6. The van der Waals surface area contributed by atoms with Gasteiger partial charge in [0.05, 0.1) is 10.6 Å². The summed E-state index contributed by atoms with van der Waals surface area (Å²) in [4.78, 5) is 25.3. The molecule has 2 rings (SSSR count). The van der Waals surface area contributed by atoms with Crippen LogP contribution in [-0.4, -0.2) is 30.8 Å². The third-order valence-corrected chi connectivity index (χ3v) is 3.68. The highest BCUT2D eigenvalue weighted by atomic mass is 35.5. The summed E-state index contributed by atoms with van der Waals surface area (Å²) in [6.45, 7) is 0.348. The first-order valence-corrected chi connectivity index (χ1v) is 7.31. The molecular formula is C17H16ClFN2O2. The molecule has 1 N–H and O–H groups in total. The van der Waals surface area contributed by atoms with Crippen LogP contribution in [0.1, 0.15) is 26.3 Å². The number of carbonyl (C=O) groups excluding carboxylic acids is 2. The molecule has 2 aromatic rings. The molecule has 0 spiro atoms. The van der Waals surface area contributed by atoms with Crippen molar-refractivity contribution in [3.8, 4) is 0 Å². The average molecular weight is 335 g/mol. The zero-order chi connectivity index (χ0) is 17.0. The Hall–Kier alpha value is -2.40. The van der Waals surface area contributed by atoms with Crippen LogP contribution in [0.5, 0.6) is 0 Å². The zero-order valence-electron chi connectivity index (χ0n) is 12.8. The minimum absolute atomic E-state index is 0.0804. The second-order valence-electron chi connectivity index (χ2n) is 5.06. The highest BCUT2D eigenvalue weighted by molar-refractivity contribution is 6.33. The van der Waals surface area contributed by atoms with Gasteiger partial charge in [-0.15, -0.1) is 0 Å². The van der Waals surface area contributed by atoms with E-state index < -0.39 is 5.82 Å². The molecule has 0 aliphatic heterocycles. The van der Waals surface area contributed by atoms with Crippen molar-refractivity contribution < 1.29 is 14.0 Å². The van der Waals surface area contributed by atoms with E-state index in [9.17, 15) is 14.0 Å². The van der Waals surface area contributed by atoms with E-state index >= 15 is 0 Å². The van der Waals surface area contributed by atoms with Gasteiger partial charge in [0.2, 0.25) is 0 Å². The lowest BCUT2D eigenvalue weighted by atomic mass is 10.1. The van der Waals surface area contributed by atoms with Crippen LogP contribution in [0.2, 0.25) is 5.02 Å². The standard InChI is InChI=1S/C17H16ClFN2O2/c1-20-16(22)12-5-3-11(4-6-12)10-21(2)17(23)14-8-7-13(19)9-15(14)18/h3-9H,10H2,1-2H3,(H,20,22). The van der Waals surface area contributed by atoms with Crippen LogP contribution in [-0.2, 0) is 6.54 Å². The van der Waals surface area contributed by atoms with Crippen LogP contribution in [0, 0.1) is 5.82 Å². The van der Waals surface area contributed by atoms with Crippen LogP contribution in [0.15, 0.2) is 42.5 Å². The van der Waals surface area contributed by atoms with Crippen molar-refractivity contribution in [2.75, 3.05) is 14.1 Å². The van der Waals surface area contributed by atoms with Gasteiger partial charge in [-0.05, 0) is 35.9 Å². The minimum atomic E-state index is -0.487. The molecule has 120 valence electrons. The Labute approximate surface area is 138 Å². The molecule has 0 saturated carbocycles. The Morgan fingerprint density at radius 3 is 2.39 bits per heavy atom. The maximum atomic E-state index is 13.0. The van der Waals surface area contributed by atoms with Crippen molar-refractivity contribution in [3.63, 3.8) is 0 Å². The Morgan fingerprint density at radius 2 is 1.83 bits per heavy atom. The van der Waals surface area contributed by atoms with Gasteiger partial charge in [0.1, 0.15) is 5.82 Å². The van der Waals surface area contributed by atoms with E-state index in [0.717, 1.165) is 11.6 Å². The summed E-state index contributed by atoms with van der Waals surface area (Å²) < 4.78 is 13.0. The summed E-state index contributed by atoms with van der Waals surface area (Å²) in [7, 11) is 3.20. The summed E-state index contributed by atoms with van der Waals surface area (Å²) in [5, 5.41) is 2.62. The van der Waals surface area contributed by atoms with Gasteiger partial charge in [-0.25, -0.2) is 4.39 Å². The third kappa shape index (κ3) is 4.07. The number of rotatable bonds is 4. The minimum Gasteiger partial charge on any atom is -0.355 e. The Balaban J connectivity index is 2.10. The van der Waals surface area contributed by atoms with E-state index in [-0.39, 0.29) is 22.4 Å². The second-order valence-corrected chi connectivity index (χ2v) is 5.47. The Morgan fingerprint density at radius 1 is 1.17 bits per heavy atom. The highest BCUT2D eigenvalue weighted by Gasteiger charge is 2.16. The quantitative estimate of drug-likeness (QED) is 0.934. The molecule has 2 amide bonds. The fourth-order valence-electron chi connectivity index (χ4n) is 2.12. The maximum absolute atomic E-state index is 13.0. The van der Waals surface area contributed by atoms with Crippen LogP contribution in [0.4, 0.5) is 4.39 Å². The number of nitrogens with one attached hydrogen (secondary N) is 1. The van der Waals surface area contributed by atoms with Gasteiger partial charge in [0.25, 0.3) is 11.8 Å². The largest absolute Gasteiger partial charge is 0.355 e. The molecule has 0 aliphatic rings. The van der Waals surface area contributed by atoms with Crippen molar-refractivity contribution in [2.45, 2.75) is 6.54 Å². The number of amides is 2. The predicted octanol–water partition coefficient (Wildman–Crippen LogP) is 3.11. The molecule has 0 atom stereocenters. The second kappa shape index (κ2) is 7.24. The van der Waals surface area contributed by atoms with Crippen molar-refractivity contribution in [3.05, 3.63) is 70.0 Å². The molecule has 0 fully saturated rings. The smallest absolute Gasteiger partial charge is 0.255 e. The fourth-order valence-corrected chi connectivity index (χ4v) is 2.37. The molecule has 0 bridgehead atoms. The average Bonchev–Trinajstić information content (AvgIpc) is 2.54. The highest BCUT2D eigenvalue weighted by Crippen LogP contribution is 2.19. The first kappa shape index (κ1) is 17.0. The molecule has 0 saturated heterocycles. The lowest BCUT2D eigenvalue weighted by Gasteiger charge is -2.18. The van der Waals surface area contributed by atoms with E-state index in [2.05, 4.69) is 5.32 Å². The molecule has 23 heavy (non-hydrogen) atoms. The van der Waals surface area contributed by atoms with E-state index in [1.165, 1.54) is 17.0 Å². The molecule has 2 aromatic carbocycles. The molecule has 0 aromatic heterocycles. The Bertz CT molecular complexity index is 732. The number of hydrogen-bond acceptors (Lipinski definition) is 2. The number of nitrogens with zero attached hydrogens (tertiary/aromatic N) is 1. The molecule has 0 aliphatic carbocycles. The summed E-state index contributed by atoms with van der Waals surface area (Å²) in [5.41, 5.74) is 1.66. The Kier molecular flexibility index (Phi) is 5.34. The van der Waals surface area contributed by atoms with Gasteiger partial charge in [0.15, 0.2) is 0 Å². The monoisotopic (exact) mass is 334 g/mol. The lowest BCUT2D eigenvalue weighted by molar-refractivity contribution is 0.0784. The molecule has 0 heterocycles. The SMILES string of the molecule is CNC(=O)c1ccc(CN(C)C(=O)c2ccc(F)cc2Cl)cc1. The van der Waals surface area contributed by atoms with Crippen molar-refractivity contribution >= 4 is 23.4 Å². The van der Waals surface area contributed by atoms with E-state index in [4.69, 9.17) is 11.6 Å². The normalized spacial score (nSPS) is 10.3. The topological polar surface area (TPSA) is 49.4 Å². The predicted molar refractivity (Wildman–Crippen MR) is 87.0 cm³/mol.